The van der Waals surface area contributed by atoms with Gasteiger partial charge in [-0.1, -0.05) is 44.2 Å². The molecule has 1 aromatic rings. The normalized spacial score (nSPS) is 11.1. The molecule has 0 spiro atoms. The van der Waals surface area contributed by atoms with Crippen LogP contribution in [0.4, 0.5) is 0 Å². The van der Waals surface area contributed by atoms with Gasteiger partial charge >= 0.3 is 0 Å². The summed E-state index contributed by atoms with van der Waals surface area (Å²) in [5, 5.41) is 0. The zero-order valence-electron chi connectivity index (χ0n) is 13.3. The summed E-state index contributed by atoms with van der Waals surface area (Å²) in [6.07, 6.45) is 5.44. The van der Waals surface area contributed by atoms with Crippen LogP contribution in [0.3, 0.4) is 0 Å². The van der Waals surface area contributed by atoms with Crippen LogP contribution in [0.5, 0.6) is 5.75 Å². The molecule has 0 fully saturated rings. The summed E-state index contributed by atoms with van der Waals surface area (Å²) in [5.74, 6) is 0.937. The molecular formula is C18H29NO. The van der Waals surface area contributed by atoms with E-state index in [0.717, 1.165) is 30.9 Å². The van der Waals surface area contributed by atoms with Crippen LogP contribution in [-0.4, -0.2) is 30.6 Å². The van der Waals surface area contributed by atoms with E-state index in [4.69, 9.17) is 4.74 Å². The molecule has 0 aliphatic carbocycles. The number of ether oxygens (including phenoxy) is 1. The lowest BCUT2D eigenvalue weighted by molar-refractivity contribution is 0.195. The highest BCUT2D eigenvalue weighted by atomic mass is 16.5. The van der Waals surface area contributed by atoms with Crippen molar-refractivity contribution in [2.45, 2.75) is 46.1 Å². The molecule has 0 radical (unpaired) electrons. The molecule has 20 heavy (non-hydrogen) atoms. The first kappa shape index (κ1) is 16.8. The number of rotatable bonds is 10. The van der Waals surface area contributed by atoms with Crippen molar-refractivity contribution >= 4 is 6.08 Å². The van der Waals surface area contributed by atoms with Crippen LogP contribution >= 0.6 is 0 Å². The fourth-order valence-electron chi connectivity index (χ4n) is 2.22. The van der Waals surface area contributed by atoms with E-state index in [1.807, 2.05) is 30.3 Å². The number of benzene rings is 1. The summed E-state index contributed by atoms with van der Waals surface area (Å²) in [5.41, 5.74) is 1.07. The van der Waals surface area contributed by atoms with E-state index in [1.54, 1.807) is 0 Å². The van der Waals surface area contributed by atoms with Crippen LogP contribution in [0.1, 0.15) is 45.6 Å². The van der Waals surface area contributed by atoms with Gasteiger partial charge in [-0.15, -0.1) is 0 Å². The minimum Gasteiger partial charge on any atom is -0.493 e. The SMILES string of the molecule is C=Cc1ccccc1OCCCN(CCCC)C(C)C. The molecule has 0 heterocycles. The van der Waals surface area contributed by atoms with Gasteiger partial charge in [-0.2, -0.15) is 0 Å². The summed E-state index contributed by atoms with van der Waals surface area (Å²) in [6, 6.07) is 8.67. The first-order valence-corrected chi connectivity index (χ1v) is 7.77. The van der Waals surface area contributed by atoms with Gasteiger partial charge in [0.1, 0.15) is 5.75 Å². The minimum atomic E-state index is 0.613. The Hall–Kier alpha value is -1.28. The number of para-hydroxylation sites is 1. The van der Waals surface area contributed by atoms with E-state index in [2.05, 4.69) is 32.3 Å². The van der Waals surface area contributed by atoms with Gasteiger partial charge < -0.3 is 9.64 Å². The van der Waals surface area contributed by atoms with Crippen LogP contribution in [0.2, 0.25) is 0 Å². The van der Waals surface area contributed by atoms with Gasteiger partial charge in [-0.3, -0.25) is 0 Å². The lowest BCUT2D eigenvalue weighted by Crippen LogP contribution is -2.33. The molecule has 1 rings (SSSR count). The predicted octanol–water partition coefficient (Wildman–Crippen LogP) is 4.61. The molecule has 0 atom stereocenters. The fraction of sp³-hybridized carbons (Fsp3) is 0.556. The Balaban J connectivity index is 2.34. The van der Waals surface area contributed by atoms with E-state index in [0.29, 0.717) is 6.04 Å². The van der Waals surface area contributed by atoms with Crippen LogP contribution in [0, 0.1) is 0 Å². The molecule has 0 bridgehead atoms. The second-order valence-electron chi connectivity index (χ2n) is 5.43. The Morgan fingerprint density at radius 1 is 1.20 bits per heavy atom. The van der Waals surface area contributed by atoms with E-state index >= 15 is 0 Å². The maximum Gasteiger partial charge on any atom is 0.126 e. The first-order chi connectivity index (χ1) is 9.69. The molecule has 0 saturated carbocycles. The maximum atomic E-state index is 5.86. The van der Waals surface area contributed by atoms with Crippen LogP contribution in [0.15, 0.2) is 30.8 Å². The summed E-state index contributed by atoms with van der Waals surface area (Å²) < 4.78 is 5.86. The van der Waals surface area contributed by atoms with Gasteiger partial charge in [0.25, 0.3) is 0 Å². The molecular weight excluding hydrogens is 246 g/mol. The third-order valence-corrected chi connectivity index (χ3v) is 3.52. The monoisotopic (exact) mass is 275 g/mol. The molecule has 0 unspecified atom stereocenters. The summed E-state index contributed by atoms with van der Waals surface area (Å²) in [6.45, 7) is 13.7. The quantitative estimate of drug-likeness (QED) is 0.578. The van der Waals surface area contributed by atoms with Gasteiger partial charge in [-0.05, 0) is 39.3 Å². The molecule has 2 heteroatoms. The Morgan fingerprint density at radius 3 is 2.55 bits per heavy atom. The lowest BCUT2D eigenvalue weighted by Gasteiger charge is -2.26. The Labute approximate surface area is 124 Å². The molecule has 0 saturated heterocycles. The molecule has 0 aliphatic rings. The second-order valence-corrected chi connectivity index (χ2v) is 5.43. The van der Waals surface area contributed by atoms with Crippen molar-refractivity contribution in [2.75, 3.05) is 19.7 Å². The van der Waals surface area contributed by atoms with E-state index in [1.165, 1.54) is 19.4 Å². The highest BCUT2D eigenvalue weighted by molar-refractivity contribution is 5.55. The third-order valence-electron chi connectivity index (χ3n) is 3.52. The second kappa shape index (κ2) is 9.60. The lowest BCUT2D eigenvalue weighted by atomic mass is 10.2. The van der Waals surface area contributed by atoms with Crippen molar-refractivity contribution in [3.63, 3.8) is 0 Å². The smallest absolute Gasteiger partial charge is 0.126 e. The van der Waals surface area contributed by atoms with Gasteiger partial charge in [0.05, 0.1) is 6.61 Å². The van der Waals surface area contributed by atoms with Gasteiger partial charge in [0, 0.05) is 18.2 Å². The van der Waals surface area contributed by atoms with E-state index < -0.39 is 0 Å². The van der Waals surface area contributed by atoms with Crippen molar-refractivity contribution in [1.82, 2.24) is 4.90 Å². The summed E-state index contributed by atoms with van der Waals surface area (Å²) >= 11 is 0. The average molecular weight is 275 g/mol. The number of unbranched alkanes of at least 4 members (excludes halogenated alkanes) is 1. The summed E-state index contributed by atoms with van der Waals surface area (Å²) in [7, 11) is 0. The van der Waals surface area contributed by atoms with Crippen molar-refractivity contribution in [1.29, 1.82) is 0 Å². The van der Waals surface area contributed by atoms with Crippen molar-refractivity contribution in [2.24, 2.45) is 0 Å². The predicted molar refractivity (Wildman–Crippen MR) is 88.3 cm³/mol. The number of nitrogens with zero attached hydrogens (tertiary/aromatic N) is 1. The van der Waals surface area contributed by atoms with Crippen molar-refractivity contribution in [3.8, 4) is 5.75 Å². The molecule has 112 valence electrons. The summed E-state index contributed by atoms with van der Waals surface area (Å²) in [4.78, 5) is 2.53. The number of hydrogen-bond donors (Lipinski definition) is 0. The zero-order valence-corrected chi connectivity index (χ0v) is 13.3. The molecule has 1 aromatic carbocycles. The maximum absolute atomic E-state index is 5.86. The zero-order chi connectivity index (χ0) is 14.8. The Kier molecular flexibility index (Phi) is 8.05. The third kappa shape index (κ3) is 5.79. The molecule has 0 aliphatic heterocycles. The van der Waals surface area contributed by atoms with Crippen LogP contribution < -0.4 is 4.74 Å². The van der Waals surface area contributed by atoms with Crippen molar-refractivity contribution in [3.05, 3.63) is 36.4 Å². The minimum absolute atomic E-state index is 0.613. The van der Waals surface area contributed by atoms with Gasteiger partial charge in [0.2, 0.25) is 0 Å². The molecule has 0 amide bonds. The van der Waals surface area contributed by atoms with Crippen molar-refractivity contribution < 1.29 is 4.74 Å². The van der Waals surface area contributed by atoms with Crippen LogP contribution in [-0.2, 0) is 0 Å². The molecule has 0 aromatic heterocycles. The largest absolute Gasteiger partial charge is 0.493 e. The standard InChI is InChI=1S/C18H29NO/c1-5-7-13-19(16(3)4)14-10-15-20-18-12-9-8-11-17(18)6-2/h6,8-9,11-12,16H,2,5,7,10,13-15H2,1,3-4H3. The Bertz CT molecular complexity index is 387. The highest BCUT2D eigenvalue weighted by Crippen LogP contribution is 2.18. The average Bonchev–Trinajstić information content (AvgIpc) is 2.46. The number of hydrogen-bond acceptors (Lipinski definition) is 2. The van der Waals surface area contributed by atoms with Gasteiger partial charge in [-0.25, -0.2) is 0 Å². The Morgan fingerprint density at radius 2 is 1.90 bits per heavy atom. The fourth-order valence-corrected chi connectivity index (χ4v) is 2.22. The van der Waals surface area contributed by atoms with Gasteiger partial charge in [0.15, 0.2) is 0 Å². The van der Waals surface area contributed by atoms with Crippen LogP contribution in [0.25, 0.3) is 6.08 Å². The first-order valence-electron chi connectivity index (χ1n) is 7.77. The topological polar surface area (TPSA) is 12.5 Å². The van der Waals surface area contributed by atoms with E-state index in [-0.39, 0.29) is 0 Å². The molecule has 2 nitrogen and oxygen atoms in total. The molecule has 0 N–H and O–H groups in total. The van der Waals surface area contributed by atoms with E-state index in [9.17, 15) is 0 Å². The highest BCUT2D eigenvalue weighted by Gasteiger charge is 2.08.